The first-order chi connectivity index (χ1) is 17.3. The summed E-state index contributed by atoms with van der Waals surface area (Å²) in [6, 6.07) is 8.26. The summed E-state index contributed by atoms with van der Waals surface area (Å²) in [7, 11) is 1.51. The molecule has 8 nitrogen and oxygen atoms in total. The molecule has 3 rings (SSSR count). The van der Waals surface area contributed by atoms with Gasteiger partial charge >= 0.3 is 11.9 Å². The van der Waals surface area contributed by atoms with Gasteiger partial charge in [-0.15, -0.1) is 22.7 Å². The number of esters is 2. The molecule has 0 fully saturated rings. The van der Waals surface area contributed by atoms with Crippen molar-refractivity contribution in [2.75, 3.05) is 32.2 Å². The number of anilines is 1. The highest BCUT2D eigenvalue weighted by Gasteiger charge is 2.26. The number of nitriles is 1. The first-order valence-corrected chi connectivity index (χ1v) is 12.9. The number of nitrogens with zero attached hydrogens (tertiary/aromatic N) is 2. The highest BCUT2D eigenvalue weighted by atomic mass is 32.1. The van der Waals surface area contributed by atoms with Crippen LogP contribution >= 0.6 is 22.7 Å². The van der Waals surface area contributed by atoms with Crippen molar-refractivity contribution in [3.63, 3.8) is 0 Å². The molecule has 0 spiro atoms. The van der Waals surface area contributed by atoms with Crippen LogP contribution in [0.5, 0.6) is 0 Å². The fourth-order valence-electron chi connectivity index (χ4n) is 3.25. The summed E-state index contributed by atoms with van der Waals surface area (Å²) >= 11 is 2.41. The number of hydrogen-bond donors (Lipinski definition) is 1. The minimum Gasteiger partial charge on any atom is -0.462 e. The fourth-order valence-corrected chi connectivity index (χ4v) is 5.11. The monoisotopic (exact) mass is 525 g/mol. The molecular weight excluding hydrogens is 498 g/mol. The minimum atomic E-state index is -0.567. The van der Waals surface area contributed by atoms with E-state index in [0.717, 1.165) is 28.2 Å². The molecule has 1 aromatic carbocycles. The summed E-state index contributed by atoms with van der Waals surface area (Å²) in [4.78, 5) is 30.1. The molecule has 1 N–H and O–H groups in total. The molecule has 36 heavy (non-hydrogen) atoms. The highest BCUT2D eigenvalue weighted by Crippen LogP contribution is 2.35. The van der Waals surface area contributed by atoms with Gasteiger partial charge in [-0.3, -0.25) is 0 Å². The number of methoxy groups -OCH3 is 1. The molecule has 188 valence electrons. The Labute approximate surface area is 218 Å². The first-order valence-electron chi connectivity index (χ1n) is 11.2. The van der Waals surface area contributed by atoms with Crippen LogP contribution in [0.2, 0.25) is 0 Å². The molecule has 0 saturated heterocycles. The summed E-state index contributed by atoms with van der Waals surface area (Å²) in [5.74, 6) is -1.13. The Morgan fingerprint density at radius 3 is 2.58 bits per heavy atom. The first kappa shape index (κ1) is 27.1. The third-order valence-corrected chi connectivity index (χ3v) is 7.42. The van der Waals surface area contributed by atoms with Gasteiger partial charge in [0, 0.05) is 24.3 Å². The molecule has 0 saturated carbocycles. The third kappa shape index (κ3) is 6.18. The van der Waals surface area contributed by atoms with Crippen molar-refractivity contribution < 1.29 is 23.8 Å². The molecule has 0 aliphatic carbocycles. The van der Waals surface area contributed by atoms with E-state index in [1.54, 1.807) is 13.8 Å². The maximum absolute atomic E-state index is 12.7. The molecule has 0 aliphatic rings. The topological polar surface area (TPSA) is 111 Å². The van der Waals surface area contributed by atoms with Crippen molar-refractivity contribution in [3.8, 4) is 17.3 Å². The number of benzene rings is 1. The average molecular weight is 526 g/mol. The van der Waals surface area contributed by atoms with Crippen LogP contribution in [-0.2, 0) is 14.2 Å². The van der Waals surface area contributed by atoms with Crippen molar-refractivity contribution in [3.05, 3.63) is 61.9 Å². The van der Waals surface area contributed by atoms with E-state index in [2.05, 4.69) is 29.4 Å². The van der Waals surface area contributed by atoms with Gasteiger partial charge in [0.25, 0.3) is 0 Å². The molecule has 3 aromatic rings. The third-order valence-electron chi connectivity index (χ3n) is 5.34. The molecular formula is C26H27N3O5S2. The van der Waals surface area contributed by atoms with Crippen LogP contribution in [0, 0.1) is 32.1 Å². The number of ether oxygens (including phenoxy) is 3. The van der Waals surface area contributed by atoms with E-state index in [1.807, 2.05) is 24.4 Å². The zero-order valence-electron chi connectivity index (χ0n) is 20.8. The fraction of sp³-hybridized carbons (Fsp3) is 0.308. The zero-order chi connectivity index (χ0) is 26.2. The number of nitrogens with one attached hydrogen (secondary N) is 1. The van der Waals surface area contributed by atoms with Gasteiger partial charge < -0.3 is 19.5 Å². The van der Waals surface area contributed by atoms with Crippen molar-refractivity contribution in [1.29, 1.82) is 5.26 Å². The lowest BCUT2D eigenvalue weighted by Crippen LogP contribution is -2.11. The Balaban J connectivity index is 1.90. The van der Waals surface area contributed by atoms with Gasteiger partial charge in [-0.25, -0.2) is 14.6 Å². The lowest BCUT2D eigenvalue weighted by Gasteiger charge is -2.05. The van der Waals surface area contributed by atoms with E-state index in [-0.39, 0.29) is 30.3 Å². The van der Waals surface area contributed by atoms with Crippen LogP contribution in [-0.4, -0.2) is 43.9 Å². The normalized spacial score (nSPS) is 11.2. The Hall–Kier alpha value is -3.52. The lowest BCUT2D eigenvalue weighted by atomic mass is 10.1. The second kappa shape index (κ2) is 12.4. The van der Waals surface area contributed by atoms with Crippen molar-refractivity contribution >= 4 is 45.2 Å². The van der Waals surface area contributed by atoms with Crippen molar-refractivity contribution in [1.82, 2.24) is 4.98 Å². The Morgan fingerprint density at radius 2 is 1.92 bits per heavy atom. The van der Waals surface area contributed by atoms with E-state index >= 15 is 0 Å². The molecule has 0 atom stereocenters. The molecule has 0 unspecified atom stereocenters. The molecule has 2 aromatic heterocycles. The summed E-state index contributed by atoms with van der Waals surface area (Å²) < 4.78 is 15.3. The van der Waals surface area contributed by atoms with Crippen LogP contribution in [0.15, 0.2) is 29.8 Å². The minimum absolute atomic E-state index is 0.0928. The van der Waals surface area contributed by atoms with Gasteiger partial charge in [0.15, 0.2) is 0 Å². The predicted octanol–water partition coefficient (Wildman–Crippen LogP) is 5.75. The largest absolute Gasteiger partial charge is 0.462 e. The van der Waals surface area contributed by atoms with Crippen molar-refractivity contribution in [2.45, 2.75) is 27.7 Å². The number of carbonyl (C=O) groups excluding carboxylic acids is 2. The number of thiophene rings is 1. The summed E-state index contributed by atoms with van der Waals surface area (Å²) in [6.07, 6.45) is 1.48. The smallest absolute Gasteiger partial charge is 0.348 e. The number of aromatic nitrogens is 1. The Kier molecular flexibility index (Phi) is 9.36. The molecule has 0 aliphatic heterocycles. The number of rotatable bonds is 10. The molecule has 0 amide bonds. The van der Waals surface area contributed by atoms with E-state index in [0.29, 0.717) is 21.1 Å². The second-order valence-corrected chi connectivity index (χ2v) is 9.64. The number of allylic oxidation sites excluding steroid dienone is 1. The van der Waals surface area contributed by atoms with E-state index in [9.17, 15) is 14.9 Å². The number of thiazole rings is 1. The SMILES string of the molecule is CCOC(=O)c1c(NC=C(C#N)c2nc(-c3ccc(C)c(C)c3)cs2)sc(C(=O)OCCOC)c1C. The number of aryl methyl sites for hydroxylation is 2. The summed E-state index contributed by atoms with van der Waals surface area (Å²) in [5, 5.41) is 15.6. The summed E-state index contributed by atoms with van der Waals surface area (Å²) in [5.41, 5.74) is 5.07. The predicted molar refractivity (Wildman–Crippen MR) is 141 cm³/mol. The van der Waals surface area contributed by atoms with Gasteiger partial charge in [-0.2, -0.15) is 5.26 Å². The zero-order valence-corrected chi connectivity index (χ0v) is 22.4. The van der Waals surface area contributed by atoms with E-state index in [1.165, 1.54) is 30.2 Å². The molecule has 10 heteroatoms. The lowest BCUT2D eigenvalue weighted by molar-refractivity contribution is 0.0393. The van der Waals surface area contributed by atoms with Crippen LogP contribution in [0.25, 0.3) is 16.8 Å². The standard InChI is InChI=1S/C26H27N3O5S2/c1-6-33-25(30)21-17(4)22(26(31)34-10-9-32-5)36-24(21)28-13-19(12-27)23-29-20(14-35-23)18-8-7-15(2)16(3)11-18/h7-8,11,13-14,28H,6,9-10H2,1-5H3. The molecule has 2 heterocycles. The Bertz CT molecular complexity index is 1330. The van der Waals surface area contributed by atoms with Gasteiger partial charge in [-0.1, -0.05) is 12.1 Å². The number of carbonyl (C=O) groups is 2. The maximum atomic E-state index is 12.7. The maximum Gasteiger partial charge on any atom is 0.348 e. The van der Waals surface area contributed by atoms with Crippen LogP contribution in [0.4, 0.5) is 5.00 Å². The summed E-state index contributed by atoms with van der Waals surface area (Å²) in [6.45, 7) is 7.99. The second-order valence-electron chi connectivity index (χ2n) is 7.76. The quantitative estimate of drug-likeness (QED) is 0.202. The average Bonchev–Trinajstić information content (AvgIpc) is 3.47. The van der Waals surface area contributed by atoms with E-state index < -0.39 is 11.9 Å². The van der Waals surface area contributed by atoms with Crippen LogP contribution in [0.1, 0.15) is 48.7 Å². The highest BCUT2D eigenvalue weighted by molar-refractivity contribution is 7.18. The van der Waals surface area contributed by atoms with Gasteiger partial charge in [-0.05, 0) is 50.5 Å². The molecule has 0 bridgehead atoms. The van der Waals surface area contributed by atoms with Crippen LogP contribution < -0.4 is 5.32 Å². The Morgan fingerprint density at radius 1 is 1.14 bits per heavy atom. The van der Waals surface area contributed by atoms with Gasteiger partial charge in [0.2, 0.25) is 0 Å². The number of hydrogen-bond acceptors (Lipinski definition) is 10. The van der Waals surface area contributed by atoms with E-state index in [4.69, 9.17) is 14.2 Å². The molecule has 0 radical (unpaired) electrons. The van der Waals surface area contributed by atoms with Crippen molar-refractivity contribution in [2.24, 2.45) is 0 Å². The van der Waals surface area contributed by atoms with Gasteiger partial charge in [0.05, 0.1) is 24.5 Å². The van der Waals surface area contributed by atoms with Crippen LogP contribution in [0.3, 0.4) is 0 Å². The van der Waals surface area contributed by atoms with Gasteiger partial charge in [0.1, 0.15) is 33.1 Å².